The molecule has 0 spiro atoms. The van der Waals surface area contributed by atoms with Crippen LogP contribution in [-0.4, -0.2) is 36.3 Å². The topological polar surface area (TPSA) is 92.4 Å². The molecule has 0 bridgehead atoms. The molecule has 0 saturated heterocycles. The highest BCUT2D eigenvalue weighted by Gasteiger charge is 2.07. The molecule has 0 amide bonds. The molecule has 0 atom stereocenters. The number of nitrogens with one attached hydrogen (secondary N) is 1. The van der Waals surface area contributed by atoms with Crippen LogP contribution in [0, 0.1) is 5.92 Å². The van der Waals surface area contributed by atoms with Crippen LogP contribution < -0.4 is 11.1 Å². The second kappa shape index (κ2) is 20.7. The van der Waals surface area contributed by atoms with Gasteiger partial charge in [-0.05, 0) is 53.4 Å². The van der Waals surface area contributed by atoms with Gasteiger partial charge in [-0.1, -0.05) is 93.4 Å². The first-order chi connectivity index (χ1) is 18.9. The van der Waals surface area contributed by atoms with Crippen LogP contribution in [0.2, 0.25) is 0 Å². The normalized spacial score (nSPS) is 9.87. The van der Waals surface area contributed by atoms with Gasteiger partial charge in [-0.15, -0.1) is 22.9 Å². The van der Waals surface area contributed by atoms with Gasteiger partial charge in [-0.2, -0.15) is 0 Å². The number of nitrogens with two attached hydrogens (primary N) is 1. The van der Waals surface area contributed by atoms with E-state index in [4.69, 9.17) is 10.8 Å². The number of anilines is 1. The summed E-state index contributed by atoms with van der Waals surface area (Å²) in [6, 6.07) is 26.8. The number of benzene rings is 3. The average Bonchev–Trinajstić information content (AvgIpc) is 3.38. The molecule has 0 aliphatic heterocycles. The van der Waals surface area contributed by atoms with Crippen molar-refractivity contribution in [3.05, 3.63) is 101 Å². The number of para-hydroxylation sites is 1. The van der Waals surface area contributed by atoms with Crippen molar-refractivity contribution >= 4 is 50.5 Å². The van der Waals surface area contributed by atoms with Crippen LogP contribution in [0.5, 0.6) is 0 Å². The van der Waals surface area contributed by atoms with Crippen LogP contribution in [0.1, 0.15) is 49.0 Å². The fraction of sp³-hybridized carbons (Fsp3) is 0.312. The number of hydrogen-bond acceptors (Lipinski definition) is 5. The molecule has 4 N–H and O–H groups in total. The molecule has 39 heavy (non-hydrogen) atoms. The number of carbonyl (C=O) groups excluding carboxylic acids is 1. The Morgan fingerprint density at radius 1 is 0.897 bits per heavy atom. The molecule has 0 unspecified atom stereocenters. The fourth-order valence-electron chi connectivity index (χ4n) is 3.72. The summed E-state index contributed by atoms with van der Waals surface area (Å²) in [6.45, 7) is 5.83. The molecule has 0 aliphatic rings. The summed E-state index contributed by atoms with van der Waals surface area (Å²) in [5, 5.41) is 14.9. The van der Waals surface area contributed by atoms with E-state index in [1.54, 1.807) is 11.3 Å². The molecule has 1 heterocycles. The lowest BCUT2D eigenvalue weighted by Crippen LogP contribution is -2.25. The van der Waals surface area contributed by atoms with Gasteiger partial charge in [0.1, 0.15) is 0 Å². The Balaban J connectivity index is 0.000000304. The van der Waals surface area contributed by atoms with Crippen LogP contribution in [0.4, 0.5) is 5.69 Å². The first-order valence-electron chi connectivity index (χ1n) is 13.1. The zero-order valence-corrected chi connectivity index (χ0v) is 24.7. The maximum atomic E-state index is 11.8. The number of carbonyl (C=O) groups is 2. The number of nitrogen functional groups attached to an aromatic ring is 1. The number of Topliss-reactive ketones (excluding diaryl/α,β-unsaturated/α-hetero) is 1. The summed E-state index contributed by atoms with van der Waals surface area (Å²) in [6.07, 6.45) is 5.20. The largest absolute Gasteiger partial charge is 0.481 e. The number of rotatable bonds is 10. The van der Waals surface area contributed by atoms with Crippen molar-refractivity contribution in [1.29, 1.82) is 0 Å². The quantitative estimate of drug-likeness (QED) is 0.0781. The maximum Gasteiger partial charge on any atom is 0.307 e. The van der Waals surface area contributed by atoms with Gasteiger partial charge in [0.2, 0.25) is 0 Å². The van der Waals surface area contributed by atoms with Gasteiger partial charge >= 0.3 is 5.97 Å². The van der Waals surface area contributed by atoms with Gasteiger partial charge in [-0.3, -0.25) is 9.59 Å². The van der Waals surface area contributed by atoms with Crippen LogP contribution in [0.15, 0.2) is 90.3 Å². The van der Waals surface area contributed by atoms with Gasteiger partial charge in [0, 0.05) is 22.3 Å². The van der Waals surface area contributed by atoms with E-state index in [9.17, 15) is 9.59 Å². The first-order valence-corrected chi connectivity index (χ1v) is 14.7. The number of carboxylic acids is 1. The Morgan fingerprint density at radius 3 is 2.00 bits per heavy atom. The SMILES string of the molecule is CCC(CC)CCNCC(=O)c1ccccc1.CCl.Nc1ccccc1.O=C(O)Cc1csc2ccccc12. The number of carboxylic acid groups (broad SMARTS) is 1. The molecule has 0 saturated carbocycles. The third-order valence-corrected chi connectivity index (χ3v) is 6.98. The second-order valence-corrected chi connectivity index (χ2v) is 9.59. The first kappa shape index (κ1) is 33.8. The fourth-order valence-corrected chi connectivity index (χ4v) is 4.68. The summed E-state index contributed by atoms with van der Waals surface area (Å²) >= 11 is 6.23. The number of thiophene rings is 1. The van der Waals surface area contributed by atoms with Crippen LogP contribution in [-0.2, 0) is 11.2 Å². The zero-order chi connectivity index (χ0) is 28.9. The minimum absolute atomic E-state index is 0.115. The lowest BCUT2D eigenvalue weighted by molar-refractivity contribution is -0.136. The van der Waals surface area contributed by atoms with E-state index in [0.29, 0.717) is 6.54 Å². The van der Waals surface area contributed by atoms with E-state index in [1.165, 1.54) is 19.2 Å². The Morgan fingerprint density at radius 2 is 1.46 bits per heavy atom. The summed E-state index contributed by atoms with van der Waals surface area (Å²) in [5.41, 5.74) is 7.88. The van der Waals surface area contributed by atoms with Crippen molar-refractivity contribution in [2.75, 3.05) is 25.2 Å². The summed E-state index contributed by atoms with van der Waals surface area (Å²) in [5.74, 6) is 0.188. The summed E-state index contributed by atoms with van der Waals surface area (Å²) in [7, 11) is 0. The van der Waals surface area contributed by atoms with Gasteiger partial charge in [0.25, 0.3) is 0 Å². The summed E-state index contributed by atoms with van der Waals surface area (Å²) in [4.78, 5) is 22.3. The van der Waals surface area contributed by atoms with Crippen molar-refractivity contribution in [2.24, 2.45) is 5.92 Å². The minimum atomic E-state index is -0.774. The molecule has 3 aromatic carbocycles. The van der Waals surface area contributed by atoms with E-state index in [2.05, 4.69) is 30.8 Å². The number of alkyl halides is 1. The highest BCUT2D eigenvalue weighted by Crippen LogP contribution is 2.25. The van der Waals surface area contributed by atoms with Crippen molar-refractivity contribution in [3.8, 4) is 0 Å². The third-order valence-electron chi connectivity index (χ3n) is 5.97. The van der Waals surface area contributed by atoms with Crippen LogP contribution >= 0.6 is 22.9 Å². The van der Waals surface area contributed by atoms with E-state index < -0.39 is 5.97 Å². The maximum absolute atomic E-state index is 11.8. The lowest BCUT2D eigenvalue weighted by atomic mass is 10.00. The zero-order valence-electron chi connectivity index (χ0n) is 23.1. The van der Waals surface area contributed by atoms with E-state index in [1.807, 2.05) is 90.3 Å². The Labute approximate surface area is 242 Å². The van der Waals surface area contributed by atoms with E-state index >= 15 is 0 Å². The minimum Gasteiger partial charge on any atom is -0.481 e. The van der Waals surface area contributed by atoms with Gasteiger partial charge in [0.05, 0.1) is 13.0 Å². The van der Waals surface area contributed by atoms with Crippen molar-refractivity contribution in [1.82, 2.24) is 5.32 Å². The predicted molar refractivity (Wildman–Crippen MR) is 168 cm³/mol. The van der Waals surface area contributed by atoms with Crippen LogP contribution in [0.3, 0.4) is 0 Å². The van der Waals surface area contributed by atoms with Gasteiger partial charge < -0.3 is 16.2 Å². The number of aliphatic carboxylic acids is 1. The molecule has 5 nitrogen and oxygen atoms in total. The predicted octanol–water partition coefficient (Wildman–Crippen LogP) is 7.94. The van der Waals surface area contributed by atoms with Crippen LogP contribution in [0.25, 0.3) is 10.1 Å². The molecule has 1 aromatic heterocycles. The molecule has 0 fully saturated rings. The standard InChI is InChI=1S/C15H23NO.C10H8O2S.C6H7N.CH3Cl/c1-3-13(4-2)10-11-16-12-15(17)14-8-6-5-7-9-14;11-10(12)5-7-6-13-9-4-2-1-3-8(7)9;7-6-4-2-1-3-5-6;1-2/h5-9,13,16H,3-4,10-12H2,1-2H3;1-4,6H,5H2,(H,11,12);1-5H,7H2;1H3. The number of fused-ring (bicyclic) bond motifs is 1. The Kier molecular flexibility index (Phi) is 18.0. The number of hydrogen-bond donors (Lipinski definition) is 3. The van der Waals surface area contributed by atoms with Gasteiger partial charge in [-0.25, -0.2) is 0 Å². The third kappa shape index (κ3) is 14.0. The second-order valence-electron chi connectivity index (χ2n) is 8.68. The average molecular weight is 569 g/mol. The molecule has 4 aromatic rings. The monoisotopic (exact) mass is 568 g/mol. The van der Waals surface area contributed by atoms with E-state index in [0.717, 1.165) is 45.8 Å². The number of ketones is 1. The van der Waals surface area contributed by atoms with E-state index in [-0.39, 0.29) is 12.2 Å². The molecule has 0 radical (unpaired) electrons. The molecule has 210 valence electrons. The highest BCUT2D eigenvalue weighted by atomic mass is 35.5. The Hall–Kier alpha value is -3.19. The Bertz CT molecular complexity index is 1200. The number of halogens is 1. The summed E-state index contributed by atoms with van der Waals surface area (Å²) < 4.78 is 1.15. The smallest absolute Gasteiger partial charge is 0.307 e. The molecular formula is C32H41ClN2O3S. The van der Waals surface area contributed by atoms with Gasteiger partial charge in [0.15, 0.2) is 5.78 Å². The molecule has 7 heteroatoms. The highest BCUT2D eigenvalue weighted by molar-refractivity contribution is 7.17. The van der Waals surface area contributed by atoms with Crippen molar-refractivity contribution in [2.45, 2.75) is 39.5 Å². The molecular weight excluding hydrogens is 528 g/mol. The molecule has 4 rings (SSSR count). The van der Waals surface area contributed by atoms with Crippen molar-refractivity contribution < 1.29 is 14.7 Å². The van der Waals surface area contributed by atoms with Crippen molar-refractivity contribution in [3.63, 3.8) is 0 Å². The molecule has 0 aliphatic carbocycles. The lowest BCUT2D eigenvalue weighted by Gasteiger charge is -2.12.